The largest absolute Gasteiger partial charge is 0.393 e. The Bertz CT molecular complexity index is 631. The van der Waals surface area contributed by atoms with Gasteiger partial charge in [-0.3, -0.25) is 4.79 Å². The van der Waals surface area contributed by atoms with Crippen LogP contribution in [-0.2, 0) is 4.79 Å². The van der Waals surface area contributed by atoms with Crippen molar-refractivity contribution in [1.82, 2.24) is 0 Å². The van der Waals surface area contributed by atoms with E-state index in [0.717, 1.165) is 44.9 Å². The van der Waals surface area contributed by atoms with Crippen LogP contribution in [-0.4, -0.2) is 32.5 Å². The van der Waals surface area contributed by atoms with Crippen molar-refractivity contribution in [3.63, 3.8) is 0 Å². The van der Waals surface area contributed by atoms with Crippen LogP contribution < -0.4 is 0 Å². The molecular formula is C21H31BrO3. The molecule has 0 aromatic rings. The van der Waals surface area contributed by atoms with Gasteiger partial charge in [0.05, 0.1) is 10.9 Å². The van der Waals surface area contributed by atoms with E-state index >= 15 is 0 Å². The number of aliphatic hydroxyl groups is 2. The number of fused-ring (bicyclic) bond motifs is 5. The van der Waals surface area contributed by atoms with Gasteiger partial charge in [-0.1, -0.05) is 41.4 Å². The summed E-state index contributed by atoms with van der Waals surface area (Å²) in [6.45, 7) is 6.11. The number of allylic oxidation sites excluding steroid dienone is 1. The van der Waals surface area contributed by atoms with E-state index in [9.17, 15) is 15.0 Å². The Morgan fingerprint density at radius 2 is 1.96 bits per heavy atom. The van der Waals surface area contributed by atoms with E-state index < -0.39 is 5.60 Å². The van der Waals surface area contributed by atoms with Crippen molar-refractivity contribution in [1.29, 1.82) is 0 Å². The first-order chi connectivity index (χ1) is 11.6. The summed E-state index contributed by atoms with van der Waals surface area (Å²) in [6, 6.07) is 0. The minimum atomic E-state index is -1.24. The zero-order valence-corrected chi connectivity index (χ0v) is 17.2. The molecule has 4 rings (SSSR count). The average Bonchev–Trinajstić information content (AvgIpc) is 2.77. The number of Topliss-reactive ketones (excluding diaryl/α,β-unsaturated/α-hetero) is 1. The number of carbonyl (C=O) groups excluding carboxylic acids is 1. The van der Waals surface area contributed by atoms with Gasteiger partial charge >= 0.3 is 0 Å². The predicted molar refractivity (Wildman–Crippen MR) is 101 cm³/mol. The van der Waals surface area contributed by atoms with Gasteiger partial charge in [-0.25, -0.2) is 0 Å². The first-order valence-corrected chi connectivity index (χ1v) is 10.8. The van der Waals surface area contributed by atoms with Gasteiger partial charge < -0.3 is 10.2 Å². The Balaban J connectivity index is 1.72. The fourth-order valence-corrected chi connectivity index (χ4v) is 8.49. The summed E-state index contributed by atoms with van der Waals surface area (Å²) in [6.07, 6.45) is 8.94. The van der Waals surface area contributed by atoms with Crippen LogP contribution >= 0.6 is 15.9 Å². The number of halogens is 1. The van der Waals surface area contributed by atoms with E-state index in [-0.39, 0.29) is 27.5 Å². The van der Waals surface area contributed by atoms with E-state index in [0.29, 0.717) is 17.8 Å². The summed E-state index contributed by atoms with van der Waals surface area (Å²) in [7, 11) is 0. The molecule has 0 aromatic carbocycles. The molecule has 1 unspecified atom stereocenters. The highest BCUT2D eigenvalue weighted by Gasteiger charge is 2.68. The van der Waals surface area contributed by atoms with Crippen LogP contribution in [0.25, 0.3) is 0 Å². The minimum Gasteiger partial charge on any atom is -0.393 e. The van der Waals surface area contributed by atoms with E-state index in [1.165, 1.54) is 5.57 Å². The first kappa shape index (κ1) is 18.2. The molecule has 0 bridgehead atoms. The summed E-state index contributed by atoms with van der Waals surface area (Å²) in [5.74, 6) is 1.45. The number of hydrogen-bond donors (Lipinski definition) is 2. The van der Waals surface area contributed by atoms with Crippen molar-refractivity contribution in [3.8, 4) is 0 Å². The molecule has 0 heterocycles. The highest BCUT2D eigenvalue weighted by Crippen LogP contribution is 2.68. The van der Waals surface area contributed by atoms with E-state index in [1.54, 1.807) is 6.92 Å². The molecule has 25 heavy (non-hydrogen) atoms. The summed E-state index contributed by atoms with van der Waals surface area (Å²) in [5, 5.41) is 21.5. The van der Waals surface area contributed by atoms with Crippen LogP contribution in [0.2, 0.25) is 0 Å². The van der Waals surface area contributed by atoms with Crippen LogP contribution in [0.4, 0.5) is 0 Å². The molecule has 8 atom stereocenters. The first-order valence-electron chi connectivity index (χ1n) is 9.89. The smallest absolute Gasteiger partial charge is 0.163 e. The van der Waals surface area contributed by atoms with Crippen molar-refractivity contribution < 1.29 is 15.0 Å². The third-order valence-corrected chi connectivity index (χ3v) is 9.83. The van der Waals surface area contributed by atoms with E-state index in [4.69, 9.17) is 0 Å². The molecule has 3 fully saturated rings. The van der Waals surface area contributed by atoms with Gasteiger partial charge in [0.2, 0.25) is 0 Å². The lowest BCUT2D eigenvalue weighted by Gasteiger charge is -2.58. The van der Waals surface area contributed by atoms with Crippen molar-refractivity contribution in [3.05, 3.63) is 11.6 Å². The van der Waals surface area contributed by atoms with Crippen LogP contribution in [0.3, 0.4) is 0 Å². The third kappa shape index (κ3) is 2.20. The van der Waals surface area contributed by atoms with Gasteiger partial charge in [0.25, 0.3) is 0 Å². The zero-order valence-electron chi connectivity index (χ0n) is 15.6. The highest BCUT2D eigenvalue weighted by molar-refractivity contribution is 9.09. The summed E-state index contributed by atoms with van der Waals surface area (Å²) >= 11 is 3.67. The zero-order chi connectivity index (χ0) is 18.2. The Kier molecular flexibility index (Phi) is 4.11. The molecule has 4 aliphatic rings. The molecule has 2 N–H and O–H groups in total. The fraction of sp³-hybridized carbons (Fsp3) is 0.857. The van der Waals surface area contributed by atoms with Gasteiger partial charge in [-0.2, -0.15) is 0 Å². The molecule has 4 aliphatic carbocycles. The molecule has 0 spiro atoms. The monoisotopic (exact) mass is 410 g/mol. The molecule has 0 saturated heterocycles. The SMILES string of the molecule is CC(=O)[C@@]1(O)[C@@H](Br)C[C@H]2[C@@H]3CC=C4CC(O)CC[C@]4(C)[C@H]3CC[C@@]21C. The lowest BCUT2D eigenvalue weighted by atomic mass is 9.47. The average molecular weight is 411 g/mol. The molecule has 4 heteroatoms. The minimum absolute atomic E-state index is 0.0862. The summed E-state index contributed by atoms with van der Waals surface area (Å²) in [4.78, 5) is 12.3. The van der Waals surface area contributed by atoms with Crippen molar-refractivity contribution >= 4 is 21.7 Å². The third-order valence-electron chi connectivity index (χ3n) is 8.79. The van der Waals surface area contributed by atoms with E-state index in [1.807, 2.05) is 0 Å². The molecule has 0 aromatic heterocycles. The summed E-state index contributed by atoms with van der Waals surface area (Å²) < 4.78 is 0. The number of hydrogen-bond acceptors (Lipinski definition) is 3. The maximum atomic E-state index is 12.4. The number of aliphatic hydroxyl groups excluding tert-OH is 1. The quantitative estimate of drug-likeness (QED) is 0.507. The summed E-state index contributed by atoms with van der Waals surface area (Å²) in [5.41, 5.74) is 0.0917. The Morgan fingerprint density at radius 3 is 2.64 bits per heavy atom. The maximum Gasteiger partial charge on any atom is 0.163 e. The Labute approximate surface area is 159 Å². The predicted octanol–water partition coefficient (Wildman–Crippen LogP) is 4.00. The molecule has 140 valence electrons. The lowest BCUT2D eigenvalue weighted by molar-refractivity contribution is -0.158. The van der Waals surface area contributed by atoms with Crippen molar-refractivity contribution in [2.45, 2.75) is 82.2 Å². The maximum absolute atomic E-state index is 12.4. The van der Waals surface area contributed by atoms with Gasteiger partial charge in [-0.05, 0) is 75.0 Å². The molecule has 3 saturated carbocycles. The second-order valence-corrected chi connectivity index (χ2v) is 10.7. The number of alkyl halides is 1. The van der Waals surface area contributed by atoms with Gasteiger partial charge in [-0.15, -0.1) is 0 Å². The lowest BCUT2D eigenvalue weighted by Crippen LogP contribution is -2.58. The van der Waals surface area contributed by atoms with Crippen molar-refractivity contribution in [2.75, 3.05) is 0 Å². The standard InChI is InChI=1S/C21H31BrO3/c1-12(23)21(25)18(22)11-17-15-5-4-13-10-14(24)6-8-19(13,2)16(15)7-9-20(17,21)3/h4,14-18,24-25H,5-11H2,1-3H3/t14?,15-,16+,17+,18+,19+,20+,21-/m1/s1. The molecular weight excluding hydrogens is 380 g/mol. The van der Waals surface area contributed by atoms with Crippen LogP contribution in [0.5, 0.6) is 0 Å². The number of carbonyl (C=O) groups is 1. The second kappa shape index (κ2) is 5.65. The number of rotatable bonds is 1. The topological polar surface area (TPSA) is 57.5 Å². The van der Waals surface area contributed by atoms with Crippen LogP contribution in [0, 0.1) is 28.6 Å². The van der Waals surface area contributed by atoms with E-state index in [2.05, 4.69) is 35.9 Å². The van der Waals surface area contributed by atoms with Crippen molar-refractivity contribution in [2.24, 2.45) is 28.6 Å². The fourth-order valence-electron chi connectivity index (χ4n) is 7.24. The Hall–Kier alpha value is -0.190. The molecule has 0 aliphatic heterocycles. The Morgan fingerprint density at radius 1 is 1.24 bits per heavy atom. The highest BCUT2D eigenvalue weighted by atomic mass is 79.9. The van der Waals surface area contributed by atoms with Crippen LogP contribution in [0.15, 0.2) is 11.6 Å². The van der Waals surface area contributed by atoms with Gasteiger partial charge in [0.15, 0.2) is 5.78 Å². The molecule has 0 amide bonds. The molecule has 3 nitrogen and oxygen atoms in total. The molecule has 0 radical (unpaired) electrons. The normalized spacial score (nSPS) is 55.0. The van der Waals surface area contributed by atoms with Gasteiger partial charge in [0.1, 0.15) is 5.60 Å². The second-order valence-electron chi connectivity index (χ2n) is 9.64. The number of ketones is 1. The van der Waals surface area contributed by atoms with Crippen LogP contribution in [0.1, 0.15) is 65.7 Å². The van der Waals surface area contributed by atoms with Gasteiger partial charge in [0, 0.05) is 5.41 Å².